The maximum Gasteiger partial charge on any atom is 0.327 e. The summed E-state index contributed by atoms with van der Waals surface area (Å²) in [6.07, 6.45) is 0.895. The van der Waals surface area contributed by atoms with E-state index >= 15 is 0 Å². The lowest BCUT2D eigenvalue weighted by Gasteiger charge is -2.30. The van der Waals surface area contributed by atoms with Crippen LogP contribution in [0.2, 0.25) is 0 Å². The number of unbranched alkanes of at least 4 members (excludes halogenated alkanes) is 1. The minimum absolute atomic E-state index is 0.0335. The first kappa shape index (κ1) is 53.8. The maximum atomic E-state index is 14.4. The van der Waals surface area contributed by atoms with Crippen LogP contribution in [0, 0.1) is 0 Å². The van der Waals surface area contributed by atoms with Crippen molar-refractivity contribution < 1.29 is 58.2 Å². The molecular weight excluding hydrogens is 945 g/mol. The van der Waals surface area contributed by atoms with Crippen molar-refractivity contribution in [3.8, 4) is 0 Å². The van der Waals surface area contributed by atoms with Crippen LogP contribution in [0.5, 0.6) is 0 Å². The number of nitrogens with zero attached hydrogens (tertiary/aromatic N) is 1. The number of aromatic nitrogens is 1. The Balaban J connectivity index is 1.29. The van der Waals surface area contributed by atoms with E-state index in [1.807, 2.05) is 0 Å². The number of hydrogen-bond acceptors (Lipinski definition) is 12. The predicted octanol–water partition coefficient (Wildman–Crippen LogP) is 1.55. The van der Waals surface area contributed by atoms with Gasteiger partial charge in [-0.1, -0.05) is 60.7 Å². The minimum atomic E-state index is -1.80. The van der Waals surface area contributed by atoms with Gasteiger partial charge in [-0.3, -0.25) is 48.1 Å². The van der Waals surface area contributed by atoms with E-state index < -0.39 is 107 Å². The summed E-state index contributed by atoms with van der Waals surface area (Å²) in [6.45, 7) is 2.26. The molecule has 0 spiro atoms. The molecule has 20 nitrogen and oxygen atoms in total. The summed E-state index contributed by atoms with van der Waals surface area (Å²) in [5, 5.41) is 35.3. The number of thiol groups is 2. The number of imide groups is 1. The SMILES string of the molecule is CC(C)(S)[C@H](NC(=O)[C@H](Cc1ccccc1)NC(=O)[C@H](Cc1c[nH]c2ccccc12)NC(=O)[C@H](CC(=O)O)NC(=O)CNC(=O)[C@H](CCCCN1C(=O)c2ccccc2C1=O)NC(=O)CCS)C(=O)O. The molecule has 0 aliphatic carbocycles. The van der Waals surface area contributed by atoms with Crippen LogP contribution in [0.4, 0.5) is 0 Å². The monoisotopic (exact) mass is 1000 g/mol. The fraction of sp³-hybridized carbons (Fsp3) is 0.375. The van der Waals surface area contributed by atoms with E-state index in [0.29, 0.717) is 22.0 Å². The summed E-state index contributed by atoms with van der Waals surface area (Å²) in [5.41, 5.74) is 2.42. The van der Waals surface area contributed by atoms with Gasteiger partial charge in [0.05, 0.1) is 24.1 Å². The average molecular weight is 1000 g/mol. The van der Waals surface area contributed by atoms with E-state index in [1.165, 1.54) is 13.8 Å². The highest BCUT2D eigenvalue weighted by molar-refractivity contribution is 7.81. The van der Waals surface area contributed by atoms with Gasteiger partial charge in [0.2, 0.25) is 35.4 Å². The van der Waals surface area contributed by atoms with Crippen LogP contribution in [0.15, 0.2) is 85.1 Å². The first-order chi connectivity index (χ1) is 33.3. The highest BCUT2D eigenvalue weighted by Crippen LogP contribution is 2.24. The topological polar surface area (TPSA) is 302 Å². The van der Waals surface area contributed by atoms with Gasteiger partial charge < -0.3 is 47.1 Å². The van der Waals surface area contributed by atoms with Gasteiger partial charge in [0.25, 0.3) is 11.8 Å². The van der Waals surface area contributed by atoms with Crippen LogP contribution >= 0.6 is 25.3 Å². The van der Waals surface area contributed by atoms with Gasteiger partial charge in [-0.2, -0.15) is 25.3 Å². The van der Waals surface area contributed by atoms with Gasteiger partial charge in [0, 0.05) is 47.7 Å². The molecule has 9 N–H and O–H groups in total. The number of amides is 8. The molecule has 5 rings (SSSR count). The second-order valence-electron chi connectivity index (χ2n) is 17.1. The average Bonchev–Trinajstić information content (AvgIpc) is 3.83. The van der Waals surface area contributed by atoms with E-state index in [9.17, 15) is 58.2 Å². The van der Waals surface area contributed by atoms with E-state index in [0.717, 1.165) is 4.90 Å². The summed E-state index contributed by atoms with van der Waals surface area (Å²) >= 11 is 8.41. The lowest BCUT2D eigenvalue weighted by atomic mass is 9.99. The summed E-state index contributed by atoms with van der Waals surface area (Å²) in [5.74, 6) is -8.78. The van der Waals surface area contributed by atoms with Crippen molar-refractivity contribution in [2.45, 2.75) is 93.7 Å². The normalized spacial score (nSPS) is 14.3. The molecule has 4 aromatic rings. The van der Waals surface area contributed by atoms with E-state index in [-0.39, 0.29) is 61.9 Å². The Kier molecular flexibility index (Phi) is 19.1. The molecule has 0 fully saturated rings. The standard InChI is InChI=1S/C48H56N8O12S2/c1-48(2,70)40(47(67)68)55-44(64)34(22-27-12-4-3-5-13-27)53-42(62)35(23-28-25-49-32-17-9-8-14-29(28)32)54-43(63)36(24-39(59)60)52-38(58)26-50-41(61)33(51-37(57)19-21-69)18-10-11-20-56-45(65)30-15-6-7-16-31(30)46(56)66/h3-9,12-17,25,33-36,40,49,69-70H,10-11,18-24,26H2,1-2H3,(H,50,61)(H,51,57)(H,52,58)(H,53,62)(H,54,63)(H,55,64)(H,59,60)(H,67,68)/t33-,34-,35-,36-,40+/m0/s1. The van der Waals surface area contributed by atoms with Crippen molar-refractivity contribution in [3.05, 3.63) is 107 Å². The number of carboxylic acids is 2. The summed E-state index contributed by atoms with van der Waals surface area (Å²) < 4.78 is -1.24. The molecule has 1 aromatic heterocycles. The molecular formula is C48H56N8O12S2. The fourth-order valence-corrected chi connectivity index (χ4v) is 8.11. The number of aromatic amines is 1. The predicted molar refractivity (Wildman–Crippen MR) is 262 cm³/mol. The molecule has 1 aliphatic rings. The maximum absolute atomic E-state index is 14.4. The molecule has 0 unspecified atom stereocenters. The number of hydrogen-bond donors (Lipinski definition) is 11. The second-order valence-corrected chi connectivity index (χ2v) is 18.7. The number of nitrogens with one attached hydrogen (secondary N) is 7. The largest absolute Gasteiger partial charge is 0.481 e. The number of fused-ring (bicyclic) bond motifs is 2. The van der Waals surface area contributed by atoms with Gasteiger partial charge in [-0.05, 0) is 68.2 Å². The van der Waals surface area contributed by atoms with Gasteiger partial charge in [0.15, 0.2) is 0 Å². The summed E-state index contributed by atoms with van der Waals surface area (Å²) in [7, 11) is 0. The quantitative estimate of drug-likeness (QED) is 0.0243. The summed E-state index contributed by atoms with van der Waals surface area (Å²) in [4.78, 5) is 136. The molecule has 0 saturated carbocycles. The third-order valence-corrected chi connectivity index (χ3v) is 11.8. The van der Waals surface area contributed by atoms with Crippen LogP contribution in [0.1, 0.15) is 77.8 Å². The van der Waals surface area contributed by atoms with Crippen LogP contribution in [0.25, 0.3) is 10.9 Å². The zero-order valence-electron chi connectivity index (χ0n) is 38.4. The molecule has 372 valence electrons. The number of rotatable bonds is 26. The Hall–Kier alpha value is -7.20. The van der Waals surface area contributed by atoms with Gasteiger partial charge in [-0.15, -0.1) is 0 Å². The molecule has 70 heavy (non-hydrogen) atoms. The number of H-pyrrole nitrogens is 1. The number of aliphatic carboxylic acids is 2. The van der Waals surface area contributed by atoms with Crippen molar-refractivity contribution in [1.29, 1.82) is 0 Å². The highest BCUT2D eigenvalue weighted by atomic mass is 32.1. The summed E-state index contributed by atoms with van der Waals surface area (Å²) in [6, 6.07) is 14.7. The Morgan fingerprint density at radius 2 is 1.24 bits per heavy atom. The number of carboxylic acid groups (broad SMARTS) is 2. The first-order valence-electron chi connectivity index (χ1n) is 22.4. The molecule has 0 radical (unpaired) electrons. The van der Waals surface area contributed by atoms with E-state index in [4.69, 9.17) is 0 Å². The van der Waals surface area contributed by atoms with Gasteiger partial charge in [0.1, 0.15) is 30.2 Å². The Labute approximate surface area is 413 Å². The second kappa shape index (κ2) is 24.9. The zero-order valence-corrected chi connectivity index (χ0v) is 40.1. The van der Waals surface area contributed by atoms with Gasteiger partial charge in [-0.25, -0.2) is 4.79 Å². The zero-order chi connectivity index (χ0) is 51.1. The number of benzene rings is 3. The minimum Gasteiger partial charge on any atom is -0.481 e. The molecule has 5 atom stereocenters. The molecule has 2 heterocycles. The number of carbonyl (C=O) groups excluding carboxylic acids is 8. The van der Waals surface area contributed by atoms with Crippen LogP contribution < -0.4 is 31.9 Å². The Morgan fingerprint density at radius 3 is 1.86 bits per heavy atom. The third-order valence-electron chi connectivity index (χ3n) is 11.3. The Bertz CT molecular complexity index is 2570. The van der Waals surface area contributed by atoms with Crippen molar-refractivity contribution in [2.24, 2.45) is 0 Å². The highest BCUT2D eigenvalue weighted by Gasteiger charge is 2.38. The first-order valence-corrected chi connectivity index (χ1v) is 23.4. The lowest BCUT2D eigenvalue weighted by Crippen LogP contribution is -2.60. The molecule has 1 aliphatic heterocycles. The fourth-order valence-electron chi connectivity index (χ4n) is 7.73. The number of para-hydroxylation sites is 1. The molecule has 3 aromatic carbocycles. The van der Waals surface area contributed by atoms with Crippen molar-refractivity contribution in [2.75, 3.05) is 18.8 Å². The van der Waals surface area contributed by atoms with Crippen molar-refractivity contribution in [3.63, 3.8) is 0 Å². The molecule has 0 saturated heterocycles. The van der Waals surface area contributed by atoms with Crippen LogP contribution in [0.3, 0.4) is 0 Å². The van der Waals surface area contributed by atoms with E-state index in [1.54, 1.807) is 85.1 Å². The molecule has 22 heteroatoms. The van der Waals surface area contributed by atoms with Crippen molar-refractivity contribution in [1.82, 2.24) is 41.8 Å². The van der Waals surface area contributed by atoms with E-state index in [2.05, 4.69) is 62.1 Å². The molecule has 0 bridgehead atoms. The van der Waals surface area contributed by atoms with Gasteiger partial charge >= 0.3 is 11.9 Å². The van der Waals surface area contributed by atoms with Crippen LogP contribution in [-0.4, -0.2) is 133 Å². The lowest BCUT2D eigenvalue weighted by molar-refractivity contribution is -0.143. The van der Waals surface area contributed by atoms with Crippen LogP contribution in [-0.2, 0) is 51.2 Å². The third kappa shape index (κ3) is 14.9. The Morgan fingerprint density at radius 1 is 0.671 bits per heavy atom. The van der Waals surface area contributed by atoms with Crippen molar-refractivity contribution >= 4 is 95.4 Å². The smallest absolute Gasteiger partial charge is 0.327 e. The molecule has 8 amide bonds. The number of carbonyl (C=O) groups is 10.